The van der Waals surface area contributed by atoms with Gasteiger partial charge >= 0.3 is 14.9 Å². The average Bonchev–Trinajstić information content (AvgIpc) is 1.52. The summed E-state index contributed by atoms with van der Waals surface area (Å²) in [5.74, 6) is -1.56. The molecule has 29 nitrogen and oxygen atoms in total. The second kappa shape index (κ2) is 33.9. The lowest BCUT2D eigenvalue weighted by molar-refractivity contribution is -0.928. The van der Waals surface area contributed by atoms with Crippen LogP contribution < -0.4 is 11.0 Å². The van der Waals surface area contributed by atoms with Crippen molar-refractivity contribution in [1.29, 1.82) is 0 Å². The Morgan fingerprint density at radius 2 is 0.796 bits per heavy atom. The summed E-state index contributed by atoms with van der Waals surface area (Å²) in [6.45, 7) is 14.6. The Morgan fingerprint density at radius 1 is 0.454 bits per heavy atom. The van der Waals surface area contributed by atoms with Gasteiger partial charge in [0.25, 0.3) is 32.1 Å². The Labute approximate surface area is 634 Å². The summed E-state index contributed by atoms with van der Waals surface area (Å²) in [7, 11) is -29.4. The molecule has 11 rings (SSSR count). The number of benzene rings is 4. The summed E-state index contributed by atoms with van der Waals surface area (Å²) in [4.78, 5) is 76.1. The topological polar surface area (TPSA) is 389 Å². The van der Waals surface area contributed by atoms with Crippen molar-refractivity contribution in [3.63, 3.8) is 0 Å². The first-order chi connectivity index (χ1) is 51.1. The summed E-state index contributed by atoms with van der Waals surface area (Å²) >= 11 is 0. The highest BCUT2D eigenvalue weighted by Gasteiger charge is 2.58. The van der Waals surface area contributed by atoms with E-state index in [-0.39, 0.29) is 44.9 Å². The number of aromatic nitrogens is 2. The Kier molecular flexibility index (Phi) is 25.7. The Hall–Kier alpha value is -7.02. The zero-order valence-electron chi connectivity index (χ0n) is 61.8. The standard InChI is InChI=1S/C72H97N11O18S4Si3/c1-6-7-40-82(42-19-23-48-102(87,88)89,43-20-24-49-103(90,91)92)46-27-52-106(2,3)100-108(101-107(4,5)53-28-47-83(44-21-25-50-104(93,94)95,45-22-26-51-105(96,97)98)41-18-8-9-37-64(86)99-79-62(84)38-39-63(79)85)80-69-58-33-14-15-34-59(58)71(80)77-67-56-31-12-13-32-57(56)68(74-67)78-72-61-36-17-16-35-60(61)70(81(72)108)76-66-55-30-11-10-29-54(55)65(73-66)75-69/h10-17,29-36H,6-9,18-28,37-53H2,1-5H3,(H2-2,87,88,89,90,91,92,93,94,95,96,97,98). The van der Waals surface area contributed by atoms with Gasteiger partial charge in [0.2, 0.25) is 0 Å². The normalized spacial score (nSPS) is 17.7. The molecule has 5 aliphatic heterocycles. The highest BCUT2D eigenvalue weighted by Crippen LogP contribution is 2.46. The van der Waals surface area contributed by atoms with Crippen LogP contribution in [0.25, 0.3) is 21.5 Å². The fraction of sp³-hybridized carbons (Fsp3) is 0.514. The largest absolute Gasteiger partial charge is 0.748 e. The van der Waals surface area contributed by atoms with Crippen molar-refractivity contribution in [2.24, 2.45) is 30.0 Å². The number of hydrogen-bond donors (Lipinski definition) is 2. The molecule has 2 N–H and O–H groups in total. The van der Waals surface area contributed by atoms with Gasteiger partial charge in [-0.2, -0.15) is 16.8 Å². The van der Waals surface area contributed by atoms with E-state index >= 15 is 0 Å². The molecule has 4 aromatic carbocycles. The molecular formula is C72H97N11O18S4Si3. The molecule has 0 aliphatic carbocycles. The van der Waals surface area contributed by atoms with Crippen LogP contribution in [0.3, 0.4) is 0 Å². The van der Waals surface area contributed by atoms with Crippen molar-refractivity contribution in [3.8, 4) is 0 Å². The van der Waals surface area contributed by atoms with Gasteiger partial charge in [-0.1, -0.05) is 110 Å². The second-order valence-corrected chi connectivity index (χ2v) is 48.1. The number of rotatable bonds is 42. The molecular weight excluding hydrogens is 1520 g/mol. The summed E-state index contributed by atoms with van der Waals surface area (Å²) in [6.07, 6.45) is 5.82. The van der Waals surface area contributed by atoms with E-state index in [1.165, 1.54) is 0 Å². The van der Waals surface area contributed by atoms with Crippen molar-refractivity contribution in [2.75, 3.05) is 75.4 Å². The fourth-order valence-corrected chi connectivity index (χ4v) is 30.4. The number of amides is 2. The van der Waals surface area contributed by atoms with Gasteiger partial charge in [-0.15, -0.1) is 5.06 Å². The van der Waals surface area contributed by atoms with Crippen LogP contribution in [0.2, 0.25) is 38.3 Å². The number of quaternary nitrogens is 2. The molecule has 2 aromatic heterocycles. The van der Waals surface area contributed by atoms with Gasteiger partial charge in [0, 0.05) is 74.6 Å². The highest BCUT2D eigenvalue weighted by atomic mass is 32.2. The lowest BCUT2D eigenvalue weighted by Crippen LogP contribution is -2.70. The van der Waals surface area contributed by atoms with Crippen LogP contribution in [0.15, 0.2) is 127 Å². The van der Waals surface area contributed by atoms with Crippen LogP contribution >= 0.6 is 0 Å². The first-order valence-corrected chi connectivity index (χ1v) is 51.6. The lowest BCUT2D eigenvalue weighted by atomic mass is 10.1. The van der Waals surface area contributed by atoms with Gasteiger partial charge in [0.05, 0.1) is 84.1 Å². The minimum atomic E-state index is -4.91. The number of imide groups is 1. The van der Waals surface area contributed by atoms with Gasteiger partial charge in [-0.05, 0) is 128 Å². The van der Waals surface area contributed by atoms with Crippen LogP contribution in [0.5, 0.6) is 0 Å². The lowest BCUT2D eigenvalue weighted by Gasteiger charge is -2.44. The number of nitrogens with zero attached hydrogens (tertiary/aromatic N) is 11. The maximum Gasteiger partial charge on any atom is 0.582 e. The number of aliphatic imine (C=N–C) groups is 4. The summed E-state index contributed by atoms with van der Waals surface area (Å²) in [6, 6.07) is 32.3. The molecule has 0 spiro atoms. The third-order valence-electron chi connectivity index (χ3n) is 20.8. The van der Waals surface area contributed by atoms with E-state index in [2.05, 4.69) is 41.6 Å². The highest BCUT2D eigenvalue weighted by molar-refractivity contribution is 7.86. The number of hydroxylamine groups is 2. The SMILES string of the molecule is CCCC[N+](CCCCS(=O)(=O)[O-])(CCCCS(=O)(=O)O)CCC[Si](C)(C)O[Si]1(O[Si](C)(C)CCC[N+](CCCCCC(=O)ON2C(=O)CCC2=O)(CCCCS(=O)(=O)[O-])CCCCS(=O)(=O)O)n2c3c4ccccc4c2N=C2N=C(N=c4c5ccccc5c(n41)=NC1=NC(=N3)c3ccccc31)c1ccccc12. The van der Waals surface area contributed by atoms with E-state index in [9.17, 15) is 66.3 Å². The molecule has 6 aromatic rings. The van der Waals surface area contributed by atoms with Crippen molar-refractivity contribution >= 4 is 140 Å². The van der Waals surface area contributed by atoms with Crippen LogP contribution in [0.4, 0.5) is 11.6 Å². The predicted octanol–water partition coefficient (Wildman–Crippen LogP) is 9.18. The van der Waals surface area contributed by atoms with Crippen molar-refractivity contribution in [1.82, 2.24) is 13.5 Å². The van der Waals surface area contributed by atoms with E-state index < -0.39 is 107 Å². The minimum absolute atomic E-state index is 0.0567. The molecule has 6 bridgehead atoms. The monoisotopic (exact) mass is 1620 g/mol. The van der Waals surface area contributed by atoms with Gasteiger partial charge in [0.1, 0.15) is 22.6 Å². The third-order valence-corrected chi connectivity index (χ3v) is 35.6. The number of fused-ring (bicyclic) bond motifs is 14. The maximum atomic E-state index is 13.0. The molecule has 3 unspecified atom stereocenters. The number of carbonyl (C=O) groups excluding carboxylic acids is 3. The van der Waals surface area contributed by atoms with E-state index in [0.717, 1.165) is 35.1 Å². The van der Waals surface area contributed by atoms with Crippen LogP contribution in [-0.2, 0) is 67.9 Å². The molecule has 2 amide bonds. The molecule has 584 valence electrons. The van der Waals surface area contributed by atoms with Crippen LogP contribution in [0.1, 0.15) is 145 Å². The smallest absolute Gasteiger partial charge is 0.582 e. The van der Waals surface area contributed by atoms with Gasteiger partial charge in [-0.25, -0.2) is 51.6 Å². The zero-order chi connectivity index (χ0) is 77.5. The molecule has 0 saturated carbocycles. The van der Waals surface area contributed by atoms with E-state index in [4.69, 9.17) is 43.0 Å². The minimum Gasteiger partial charge on any atom is -0.748 e. The summed E-state index contributed by atoms with van der Waals surface area (Å²) in [5, 5.41) is 3.31. The number of hydrogen-bond acceptors (Lipinski definition) is 22. The molecule has 5 aliphatic rings. The second-order valence-electron chi connectivity index (χ2n) is 30.2. The molecule has 1 fully saturated rings. The van der Waals surface area contributed by atoms with Crippen molar-refractivity contribution < 1.29 is 88.3 Å². The average molecular weight is 1620 g/mol. The van der Waals surface area contributed by atoms with E-state index in [0.29, 0.717) is 204 Å². The molecule has 1 saturated heterocycles. The summed E-state index contributed by atoms with van der Waals surface area (Å²) < 4.78 is 163. The number of carbonyl (C=O) groups is 3. The number of amidine groups is 4. The number of unbranched alkanes of at least 4 members (excludes halogenated alkanes) is 7. The van der Waals surface area contributed by atoms with Crippen LogP contribution in [0, 0.1) is 0 Å². The van der Waals surface area contributed by atoms with Gasteiger partial charge in [0.15, 0.2) is 40.0 Å². The first-order valence-electron chi connectivity index (χ1n) is 37.3. The maximum absolute atomic E-state index is 13.0. The van der Waals surface area contributed by atoms with E-state index in [1.807, 2.05) is 97.1 Å². The van der Waals surface area contributed by atoms with Crippen molar-refractivity contribution in [3.05, 3.63) is 130 Å². The Balaban J connectivity index is 1.07. The van der Waals surface area contributed by atoms with Gasteiger partial charge < -0.3 is 31.1 Å². The zero-order valence-corrected chi connectivity index (χ0v) is 68.1. The third kappa shape index (κ3) is 20.4. The molecule has 3 atom stereocenters. The Morgan fingerprint density at radius 3 is 1.18 bits per heavy atom. The molecule has 108 heavy (non-hydrogen) atoms. The first kappa shape index (κ1) is 82.0. The fourth-order valence-electron chi connectivity index (χ4n) is 15.6. The summed E-state index contributed by atoms with van der Waals surface area (Å²) in [5.41, 5.74) is 3.80. The van der Waals surface area contributed by atoms with E-state index in [1.54, 1.807) is 0 Å². The quantitative estimate of drug-likeness (QED) is 0.0118. The molecule has 0 radical (unpaired) electrons. The van der Waals surface area contributed by atoms with Crippen molar-refractivity contribution in [2.45, 2.75) is 161 Å². The Bertz CT molecular complexity index is 4900. The van der Waals surface area contributed by atoms with Gasteiger partial charge in [-0.3, -0.25) is 27.2 Å². The molecule has 7 heterocycles. The van der Waals surface area contributed by atoms with Crippen LogP contribution in [-0.4, -0.2) is 216 Å². The molecule has 36 heteroatoms. The predicted molar refractivity (Wildman–Crippen MR) is 416 cm³/mol.